The van der Waals surface area contributed by atoms with Gasteiger partial charge in [0.05, 0.1) is 29.2 Å². The number of Topliss-reactive ketones (excluding diaryl/α,β-unsaturated/α-hetero) is 1. The number of imidazole rings is 1. The van der Waals surface area contributed by atoms with Crippen molar-refractivity contribution in [3.63, 3.8) is 0 Å². The summed E-state index contributed by atoms with van der Waals surface area (Å²) in [6, 6.07) is 11.0. The summed E-state index contributed by atoms with van der Waals surface area (Å²) in [6.45, 7) is -0.389. The molecule has 2 aromatic heterocycles. The molecule has 0 amide bonds. The van der Waals surface area contributed by atoms with Crippen LogP contribution in [0.15, 0.2) is 65.8 Å². The Labute approximate surface area is 150 Å². The molecule has 0 unspecified atom stereocenters. The summed E-state index contributed by atoms with van der Waals surface area (Å²) < 4.78 is 41.5. The van der Waals surface area contributed by atoms with Crippen molar-refractivity contribution in [1.82, 2.24) is 14.0 Å². The SMILES string of the molecule is O=C(Cn1c(=O)c2ccccc2n2cncc12)c1cccc(C(F)(F)F)c1. The van der Waals surface area contributed by atoms with Crippen LogP contribution in [0.5, 0.6) is 0 Å². The van der Waals surface area contributed by atoms with Gasteiger partial charge in [0.2, 0.25) is 0 Å². The van der Waals surface area contributed by atoms with E-state index in [1.807, 2.05) is 0 Å². The predicted octanol–water partition coefficient (Wildman–Crippen LogP) is 3.55. The minimum absolute atomic E-state index is 0.109. The molecule has 0 aliphatic rings. The second-order valence-electron chi connectivity index (χ2n) is 6.03. The van der Waals surface area contributed by atoms with Gasteiger partial charge in [-0.25, -0.2) is 4.98 Å². The maximum Gasteiger partial charge on any atom is 0.416 e. The molecule has 0 saturated heterocycles. The van der Waals surface area contributed by atoms with E-state index in [2.05, 4.69) is 4.98 Å². The van der Waals surface area contributed by atoms with Crippen LogP contribution in [0, 0.1) is 0 Å². The topological polar surface area (TPSA) is 56.4 Å². The number of para-hydroxylation sites is 1. The van der Waals surface area contributed by atoms with Crippen molar-refractivity contribution in [2.45, 2.75) is 12.7 Å². The Kier molecular flexibility index (Phi) is 3.83. The number of carbonyl (C=O) groups excluding carboxylic acids is 1. The van der Waals surface area contributed by atoms with Crippen molar-refractivity contribution in [3.05, 3.63) is 82.5 Å². The highest BCUT2D eigenvalue weighted by atomic mass is 19.4. The Morgan fingerprint density at radius 1 is 1.07 bits per heavy atom. The lowest BCUT2D eigenvalue weighted by molar-refractivity contribution is -0.137. The number of nitrogens with zero attached hydrogens (tertiary/aromatic N) is 3. The normalized spacial score (nSPS) is 12.0. The average molecular weight is 371 g/mol. The Bertz CT molecular complexity index is 1240. The van der Waals surface area contributed by atoms with Gasteiger partial charge in [0.1, 0.15) is 12.0 Å². The summed E-state index contributed by atoms with van der Waals surface area (Å²) in [7, 11) is 0. The third kappa shape index (κ3) is 2.88. The van der Waals surface area contributed by atoms with E-state index in [1.165, 1.54) is 29.2 Å². The van der Waals surface area contributed by atoms with Gasteiger partial charge < -0.3 is 0 Å². The van der Waals surface area contributed by atoms with Crippen LogP contribution in [0.2, 0.25) is 0 Å². The second kappa shape index (κ2) is 6.08. The van der Waals surface area contributed by atoms with Gasteiger partial charge >= 0.3 is 6.18 Å². The molecule has 2 aromatic carbocycles. The first kappa shape index (κ1) is 17.0. The number of aromatic nitrogens is 3. The van der Waals surface area contributed by atoms with Crippen molar-refractivity contribution in [2.75, 3.05) is 0 Å². The number of ketones is 1. The highest BCUT2D eigenvalue weighted by Crippen LogP contribution is 2.29. The van der Waals surface area contributed by atoms with E-state index in [9.17, 15) is 22.8 Å². The first-order chi connectivity index (χ1) is 12.9. The van der Waals surface area contributed by atoms with Crippen molar-refractivity contribution in [3.8, 4) is 0 Å². The summed E-state index contributed by atoms with van der Waals surface area (Å²) in [6.07, 6.45) is -1.59. The number of rotatable bonds is 3. The lowest BCUT2D eigenvalue weighted by atomic mass is 10.1. The molecule has 2 heterocycles. The molecule has 0 spiro atoms. The first-order valence-electron chi connectivity index (χ1n) is 8.00. The zero-order valence-electron chi connectivity index (χ0n) is 13.8. The third-order valence-electron chi connectivity index (χ3n) is 4.35. The van der Waals surface area contributed by atoms with Crippen LogP contribution in [0.1, 0.15) is 15.9 Å². The smallest absolute Gasteiger partial charge is 0.292 e. The molecule has 0 radical (unpaired) electrons. The molecule has 136 valence electrons. The number of fused-ring (bicyclic) bond motifs is 3. The average Bonchev–Trinajstić information content (AvgIpc) is 3.14. The minimum atomic E-state index is -4.55. The second-order valence-corrected chi connectivity index (χ2v) is 6.03. The van der Waals surface area contributed by atoms with Crippen molar-refractivity contribution >= 4 is 22.3 Å². The summed E-state index contributed by atoms with van der Waals surface area (Å²) >= 11 is 0. The van der Waals surface area contributed by atoms with E-state index >= 15 is 0 Å². The molecule has 8 heteroatoms. The fraction of sp³-hybridized carbons (Fsp3) is 0.105. The largest absolute Gasteiger partial charge is 0.416 e. The standard InChI is InChI=1S/C19H12F3N3O2/c20-19(21,22)13-5-3-4-12(8-13)16(26)10-24-17-9-23-11-25(17)15-7-2-1-6-14(15)18(24)27/h1-9,11H,10H2. The molecule has 0 saturated carbocycles. The monoisotopic (exact) mass is 371 g/mol. The Hall–Kier alpha value is -3.42. The van der Waals surface area contributed by atoms with Crippen LogP contribution in [0.4, 0.5) is 13.2 Å². The molecule has 4 aromatic rings. The molecular weight excluding hydrogens is 359 g/mol. The van der Waals surface area contributed by atoms with E-state index in [4.69, 9.17) is 0 Å². The van der Waals surface area contributed by atoms with E-state index in [0.717, 1.165) is 12.1 Å². The molecule has 4 rings (SSSR count). The van der Waals surface area contributed by atoms with Crippen LogP contribution in [-0.4, -0.2) is 19.7 Å². The zero-order chi connectivity index (χ0) is 19.2. The fourth-order valence-corrected chi connectivity index (χ4v) is 3.04. The number of alkyl halides is 3. The summed E-state index contributed by atoms with van der Waals surface area (Å²) in [4.78, 5) is 29.4. The molecular formula is C19H12F3N3O2. The fourth-order valence-electron chi connectivity index (χ4n) is 3.04. The van der Waals surface area contributed by atoms with Gasteiger partial charge in [-0.15, -0.1) is 0 Å². The Morgan fingerprint density at radius 3 is 2.63 bits per heavy atom. The highest BCUT2D eigenvalue weighted by molar-refractivity contribution is 5.96. The van der Waals surface area contributed by atoms with E-state index in [-0.39, 0.29) is 12.1 Å². The van der Waals surface area contributed by atoms with E-state index in [0.29, 0.717) is 16.6 Å². The zero-order valence-corrected chi connectivity index (χ0v) is 13.8. The van der Waals surface area contributed by atoms with Crippen LogP contribution in [-0.2, 0) is 12.7 Å². The van der Waals surface area contributed by atoms with E-state index < -0.39 is 23.1 Å². The van der Waals surface area contributed by atoms with Gasteiger partial charge in [-0.3, -0.25) is 18.6 Å². The summed E-state index contributed by atoms with van der Waals surface area (Å²) in [5, 5.41) is 0.389. The molecule has 0 N–H and O–H groups in total. The number of hydrogen-bond donors (Lipinski definition) is 0. The van der Waals surface area contributed by atoms with Crippen LogP contribution in [0.25, 0.3) is 16.6 Å². The van der Waals surface area contributed by atoms with Crippen molar-refractivity contribution in [1.29, 1.82) is 0 Å². The van der Waals surface area contributed by atoms with Gasteiger partial charge in [-0.05, 0) is 24.3 Å². The summed E-state index contributed by atoms with van der Waals surface area (Å²) in [5.74, 6) is -0.596. The number of hydrogen-bond acceptors (Lipinski definition) is 3. The van der Waals surface area contributed by atoms with Gasteiger partial charge in [0, 0.05) is 5.56 Å². The Morgan fingerprint density at radius 2 is 1.85 bits per heavy atom. The van der Waals surface area contributed by atoms with Gasteiger partial charge in [-0.1, -0.05) is 24.3 Å². The minimum Gasteiger partial charge on any atom is -0.292 e. The third-order valence-corrected chi connectivity index (χ3v) is 4.35. The lowest BCUT2D eigenvalue weighted by Crippen LogP contribution is -2.26. The maximum atomic E-state index is 12.9. The van der Waals surface area contributed by atoms with Gasteiger partial charge in [0.25, 0.3) is 5.56 Å². The number of benzene rings is 2. The molecule has 0 fully saturated rings. The number of halogens is 3. The molecule has 5 nitrogen and oxygen atoms in total. The van der Waals surface area contributed by atoms with E-state index in [1.54, 1.807) is 28.7 Å². The maximum absolute atomic E-state index is 12.9. The van der Waals surface area contributed by atoms with Crippen LogP contribution < -0.4 is 5.56 Å². The first-order valence-corrected chi connectivity index (χ1v) is 8.00. The van der Waals surface area contributed by atoms with Crippen molar-refractivity contribution < 1.29 is 18.0 Å². The van der Waals surface area contributed by atoms with Crippen LogP contribution >= 0.6 is 0 Å². The Balaban J connectivity index is 1.82. The molecule has 0 aliphatic heterocycles. The van der Waals surface area contributed by atoms with Crippen LogP contribution in [0.3, 0.4) is 0 Å². The highest BCUT2D eigenvalue weighted by Gasteiger charge is 2.31. The molecule has 0 atom stereocenters. The molecule has 0 aliphatic carbocycles. The quantitative estimate of drug-likeness (QED) is 0.518. The lowest BCUT2D eigenvalue weighted by Gasteiger charge is -2.12. The molecule has 27 heavy (non-hydrogen) atoms. The van der Waals surface area contributed by atoms with Gasteiger partial charge in [-0.2, -0.15) is 13.2 Å². The van der Waals surface area contributed by atoms with Gasteiger partial charge in [0.15, 0.2) is 5.78 Å². The van der Waals surface area contributed by atoms with Crippen molar-refractivity contribution in [2.24, 2.45) is 0 Å². The summed E-state index contributed by atoms with van der Waals surface area (Å²) in [5.41, 5.74) is -0.396. The number of carbonyl (C=O) groups is 1. The predicted molar refractivity (Wildman–Crippen MR) is 92.7 cm³/mol. The molecule has 0 bridgehead atoms.